The van der Waals surface area contributed by atoms with E-state index in [0.29, 0.717) is 0 Å². The van der Waals surface area contributed by atoms with Crippen LogP contribution < -0.4 is 4.72 Å². The molecule has 0 atom stereocenters. The smallest absolute Gasteiger partial charge is 0.207 e. The molecule has 0 radical (unpaired) electrons. The molecule has 0 bridgehead atoms. The molecule has 0 aromatic heterocycles. The Bertz CT molecular complexity index is 1070. The Morgan fingerprint density at radius 3 is 2.31 bits per heavy atom. The van der Waals surface area contributed by atoms with E-state index in [-0.39, 0.29) is 17.0 Å². The number of benzene rings is 3. The zero-order valence-corrected chi connectivity index (χ0v) is 14.8. The molecule has 0 aliphatic carbocycles. The number of fused-ring (bicyclic) bond motifs is 1. The molecule has 3 nitrogen and oxygen atoms in total. The summed E-state index contributed by atoms with van der Waals surface area (Å²) < 4.78 is 65.9. The third-order valence-corrected chi connectivity index (χ3v) is 5.56. The number of sulfonamides is 1. The Morgan fingerprint density at radius 2 is 1.62 bits per heavy atom. The lowest BCUT2D eigenvalue weighted by Crippen LogP contribution is -2.23. The fourth-order valence-electron chi connectivity index (χ4n) is 2.50. The van der Waals surface area contributed by atoms with E-state index in [1.807, 2.05) is 12.1 Å². The highest BCUT2D eigenvalue weighted by molar-refractivity contribution is 7.89. The molecule has 0 unspecified atom stereocenters. The monoisotopic (exact) mass is 399 g/mol. The number of alkyl halides is 3. The summed E-state index contributed by atoms with van der Waals surface area (Å²) in [5.74, 6) is 0. The summed E-state index contributed by atoms with van der Waals surface area (Å²) in [5, 5.41) is 1.21. The SMILES string of the molecule is O=S(=O)(NCc1ccc(Cl)c(C(F)(F)F)c1)c1ccc2ccccc2c1. The Kier molecular flexibility index (Phi) is 4.96. The van der Waals surface area contributed by atoms with Crippen LogP contribution in [0.25, 0.3) is 10.8 Å². The fourth-order valence-corrected chi connectivity index (χ4v) is 3.77. The molecule has 0 fully saturated rings. The first-order valence-corrected chi connectivity index (χ1v) is 9.37. The van der Waals surface area contributed by atoms with Crippen molar-refractivity contribution in [1.82, 2.24) is 4.72 Å². The van der Waals surface area contributed by atoms with Gasteiger partial charge in [-0.15, -0.1) is 0 Å². The predicted octanol–water partition coefficient (Wildman–Crippen LogP) is 4.99. The van der Waals surface area contributed by atoms with Crippen LogP contribution in [0.4, 0.5) is 13.2 Å². The highest BCUT2D eigenvalue weighted by Gasteiger charge is 2.33. The zero-order valence-electron chi connectivity index (χ0n) is 13.2. The second kappa shape index (κ2) is 6.90. The molecule has 0 aliphatic rings. The first-order valence-electron chi connectivity index (χ1n) is 7.51. The normalized spacial score (nSPS) is 12.5. The Labute approximate surface area is 153 Å². The average molecular weight is 400 g/mol. The molecule has 0 aliphatic heterocycles. The van der Waals surface area contributed by atoms with E-state index in [0.717, 1.165) is 22.9 Å². The van der Waals surface area contributed by atoms with E-state index in [2.05, 4.69) is 4.72 Å². The molecule has 0 saturated carbocycles. The standard InChI is InChI=1S/C18H13ClF3NO2S/c19-17-8-5-12(9-16(17)18(20,21)22)11-23-26(24,25)15-7-6-13-3-1-2-4-14(13)10-15/h1-10,23H,11H2. The summed E-state index contributed by atoms with van der Waals surface area (Å²) in [5.41, 5.74) is -0.840. The van der Waals surface area contributed by atoms with Gasteiger partial charge in [0.15, 0.2) is 0 Å². The van der Waals surface area contributed by atoms with Crippen molar-refractivity contribution in [2.24, 2.45) is 0 Å². The number of halogens is 4. The lowest BCUT2D eigenvalue weighted by atomic mass is 10.1. The maximum atomic E-state index is 12.9. The summed E-state index contributed by atoms with van der Waals surface area (Å²) in [7, 11) is -3.87. The molecule has 136 valence electrons. The van der Waals surface area contributed by atoms with Gasteiger partial charge in [0.25, 0.3) is 0 Å². The van der Waals surface area contributed by atoms with Crippen molar-refractivity contribution in [2.45, 2.75) is 17.6 Å². The summed E-state index contributed by atoms with van der Waals surface area (Å²) in [6.45, 7) is -0.282. The van der Waals surface area contributed by atoms with Crippen LogP contribution >= 0.6 is 11.6 Å². The van der Waals surface area contributed by atoms with Gasteiger partial charge in [0.2, 0.25) is 10.0 Å². The minimum atomic E-state index is -4.61. The Hall–Kier alpha value is -2.09. The molecule has 26 heavy (non-hydrogen) atoms. The van der Waals surface area contributed by atoms with Crippen LogP contribution in [0.1, 0.15) is 11.1 Å². The summed E-state index contributed by atoms with van der Waals surface area (Å²) in [4.78, 5) is 0.0428. The highest BCUT2D eigenvalue weighted by Crippen LogP contribution is 2.35. The number of rotatable bonds is 4. The van der Waals surface area contributed by atoms with E-state index < -0.39 is 26.8 Å². The fraction of sp³-hybridized carbons (Fsp3) is 0.111. The summed E-state index contributed by atoms with van der Waals surface area (Å²) in [6.07, 6.45) is -4.61. The van der Waals surface area contributed by atoms with Crippen molar-refractivity contribution < 1.29 is 21.6 Å². The van der Waals surface area contributed by atoms with E-state index in [9.17, 15) is 21.6 Å². The topological polar surface area (TPSA) is 46.2 Å². The maximum absolute atomic E-state index is 12.9. The summed E-state index contributed by atoms with van der Waals surface area (Å²) >= 11 is 5.56. The van der Waals surface area contributed by atoms with Crippen LogP contribution in [0.15, 0.2) is 65.6 Å². The van der Waals surface area contributed by atoms with E-state index in [1.54, 1.807) is 18.2 Å². The van der Waals surface area contributed by atoms with Gasteiger partial charge in [-0.05, 0) is 40.6 Å². The molecule has 0 heterocycles. The second-order valence-corrected chi connectivity index (χ2v) is 7.82. The van der Waals surface area contributed by atoms with Gasteiger partial charge in [0, 0.05) is 6.54 Å². The molecule has 8 heteroatoms. The van der Waals surface area contributed by atoms with E-state index in [1.165, 1.54) is 18.2 Å². The molecule has 1 N–H and O–H groups in total. The van der Waals surface area contributed by atoms with Gasteiger partial charge < -0.3 is 0 Å². The largest absolute Gasteiger partial charge is 0.417 e. The molecule has 0 spiro atoms. The molecule has 0 saturated heterocycles. The number of nitrogens with one attached hydrogen (secondary N) is 1. The minimum Gasteiger partial charge on any atom is -0.207 e. The first kappa shape index (κ1) is 18.7. The first-order chi connectivity index (χ1) is 12.2. The lowest BCUT2D eigenvalue weighted by Gasteiger charge is -2.12. The number of hydrogen-bond acceptors (Lipinski definition) is 2. The van der Waals surface area contributed by atoms with Gasteiger partial charge in [-0.3, -0.25) is 0 Å². The Morgan fingerprint density at radius 1 is 0.923 bits per heavy atom. The van der Waals surface area contributed by atoms with Gasteiger partial charge in [0.1, 0.15) is 0 Å². The van der Waals surface area contributed by atoms with Crippen molar-refractivity contribution >= 4 is 32.4 Å². The van der Waals surface area contributed by atoms with Crippen LogP contribution in [0, 0.1) is 0 Å². The van der Waals surface area contributed by atoms with Gasteiger partial charge in [-0.2, -0.15) is 13.2 Å². The van der Waals surface area contributed by atoms with Crippen molar-refractivity contribution in [2.75, 3.05) is 0 Å². The Balaban J connectivity index is 1.84. The molecule has 0 amide bonds. The van der Waals surface area contributed by atoms with E-state index >= 15 is 0 Å². The van der Waals surface area contributed by atoms with Crippen LogP contribution in [0.2, 0.25) is 5.02 Å². The molecule has 3 aromatic carbocycles. The van der Waals surface area contributed by atoms with Crippen molar-refractivity contribution in [3.05, 3.63) is 76.8 Å². The predicted molar refractivity (Wildman–Crippen MR) is 94.4 cm³/mol. The average Bonchev–Trinajstić information content (AvgIpc) is 2.59. The number of hydrogen-bond donors (Lipinski definition) is 1. The van der Waals surface area contributed by atoms with Gasteiger partial charge in [-0.1, -0.05) is 48.0 Å². The van der Waals surface area contributed by atoms with E-state index in [4.69, 9.17) is 11.6 Å². The van der Waals surface area contributed by atoms with Crippen molar-refractivity contribution in [3.63, 3.8) is 0 Å². The van der Waals surface area contributed by atoms with Crippen LogP contribution in [0.5, 0.6) is 0 Å². The van der Waals surface area contributed by atoms with Gasteiger partial charge >= 0.3 is 6.18 Å². The molecule has 3 aromatic rings. The summed E-state index contributed by atoms with van der Waals surface area (Å²) in [6, 6.07) is 15.2. The molecule has 3 rings (SSSR count). The lowest BCUT2D eigenvalue weighted by molar-refractivity contribution is -0.137. The van der Waals surface area contributed by atoms with Crippen LogP contribution in [-0.2, 0) is 22.7 Å². The third kappa shape index (κ3) is 4.00. The van der Waals surface area contributed by atoms with Crippen molar-refractivity contribution in [3.8, 4) is 0 Å². The van der Waals surface area contributed by atoms with Gasteiger partial charge in [-0.25, -0.2) is 13.1 Å². The van der Waals surface area contributed by atoms with Gasteiger partial charge in [0.05, 0.1) is 15.5 Å². The third-order valence-electron chi connectivity index (χ3n) is 3.83. The zero-order chi connectivity index (χ0) is 18.9. The second-order valence-electron chi connectivity index (χ2n) is 5.65. The molecular formula is C18H13ClF3NO2S. The maximum Gasteiger partial charge on any atom is 0.417 e. The van der Waals surface area contributed by atoms with Crippen LogP contribution in [-0.4, -0.2) is 8.42 Å². The minimum absolute atomic E-state index is 0.0428. The van der Waals surface area contributed by atoms with Crippen LogP contribution in [0.3, 0.4) is 0 Å². The molecular weight excluding hydrogens is 387 g/mol. The van der Waals surface area contributed by atoms with Crippen molar-refractivity contribution in [1.29, 1.82) is 0 Å². The highest BCUT2D eigenvalue weighted by atomic mass is 35.5. The quantitative estimate of drug-likeness (QED) is 0.671.